The molecule has 5 N–H and O–H groups in total. The van der Waals surface area contributed by atoms with Gasteiger partial charge in [0.15, 0.2) is 0 Å². The molecule has 0 aliphatic carbocycles. The summed E-state index contributed by atoms with van der Waals surface area (Å²) in [6.45, 7) is -7.50. The van der Waals surface area contributed by atoms with E-state index in [0.29, 0.717) is 4.90 Å². The Balaban J connectivity index is 0.00000324. The Hall–Kier alpha value is 0.0500. The van der Waals surface area contributed by atoms with Crippen molar-refractivity contribution in [2.45, 2.75) is 24.4 Å². The van der Waals surface area contributed by atoms with E-state index in [1.165, 1.54) is 0 Å². The summed E-state index contributed by atoms with van der Waals surface area (Å²) in [5.41, 5.74) is 0. The number of halogens is 1. The minimum Gasteiger partial charge on any atom is -0.395 e. The van der Waals surface area contributed by atoms with Crippen LogP contribution in [-0.2, 0) is 0 Å². The number of nitrogens with zero attached hydrogens (tertiary/aromatic N) is 1. The van der Waals surface area contributed by atoms with Crippen LogP contribution < -0.4 is 0 Å². The van der Waals surface area contributed by atoms with Crippen LogP contribution >= 0.6 is 12.4 Å². The fourth-order valence-electron chi connectivity index (χ4n) is 1.48. The third kappa shape index (κ3) is 3.25. The summed E-state index contributed by atoms with van der Waals surface area (Å²) in [6.07, 6.45) is -4.74. The largest absolute Gasteiger partial charge is 0.395 e. The van der Waals surface area contributed by atoms with E-state index in [1.54, 1.807) is 0 Å². The van der Waals surface area contributed by atoms with Gasteiger partial charge in [0.25, 0.3) is 0 Å². The van der Waals surface area contributed by atoms with Crippen molar-refractivity contribution in [1.82, 2.24) is 4.90 Å². The van der Waals surface area contributed by atoms with Gasteiger partial charge >= 0.3 is 0 Å². The zero-order valence-electron chi connectivity index (χ0n) is 11.8. The molecule has 92 valence electrons. The van der Waals surface area contributed by atoms with Gasteiger partial charge in [-0.3, -0.25) is 4.90 Å². The number of hydrogen-bond donors (Lipinski definition) is 5. The van der Waals surface area contributed by atoms with E-state index in [4.69, 9.17) is 15.7 Å². The number of hydrogen-bond acceptors (Lipinski definition) is 6. The van der Waals surface area contributed by atoms with Crippen molar-refractivity contribution in [1.29, 1.82) is 0 Å². The first-order chi connectivity index (χ1) is 8.04. The smallest absolute Gasteiger partial charge is 0.109 e. The van der Waals surface area contributed by atoms with Crippen LogP contribution in [0.1, 0.15) is 5.48 Å². The Labute approximate surface area is 99.8 Å². The number of likely N-dealkylation sites (tertiary alicyclic amines) is 1. The van der Waals surface area contributed by atoms with Gasteiger partial charge in [0.1, 0.15) is 12.2 Å². The highest BCUT2D eigenvalue weighted by Gasteiger charge is 2.40. The van der Waals surface area contributed by atoms with Crippen LogP contribution in [0, 0.1) is 0 Å². The zero-order valence-corrected chi connectivity index (χ0v) is 8.63. The lowest BCUT2D eigenvalue weighted by molar-refractivity contribution is -0.146. The molecule has 1 heterocycles. The van der Waals surface area contributed by atoms with Crippen LogP contribution in [0.4, 0.5) is 0 Å². The molecule has 1 aliphatic rings. The Bertz CT molecular complexity index is 305. The van der Waals surface area contributed by atoms with Gasteiger partial charge in [0, 0.05) is 15.8 Å². The van der Waals surface area contributed by atoms with Gasteiger partial charge in [-0.05, 0) is 0 Å². The van der Waals surface area contributed by atoms with Gasteiger partial charge in [-0.2, -0.15) is 0 Å². The standard InChI is InChI=1S/C8H17NO5.ClH/c10-2-1-9-3-6(12)8(14)7(13)5(9)4-11;/h5-8,10-14H,1-4H2;1H/t5?,6-,7-,8-;/m1./s1/i1D2,2D2;. The normalized spacial score (nSPS) is 43.3. The van der Waals surface area contributed by atoms with E-state index in [2.05, 4.69) is 0 Å². The first kappa shape index (κ1) is 9.12. The Morgan fingerprint density at radius 2 is 1.80 bits per heavy atom. The molecule has 1 aliphatic heterocycles. The number of piperidine rings is 1. The molecule has 0 aromatic carbocycles. The topological polar surface area (TPSA) is 104 Å². The number of aliphatic hydroxyl groups excluding tert-OH is 4. The maximum absolute atomic E-state index is 9.62. The summed E-state index contributed by atoms with van der Waals surface area (Å²) in [5.74, 6) is 0. The quantitative estimate of drug-likeness (QED) is 0.368. The number of β-amino-alcohol motifs (C(OH)–C–C–N with tert-alkyl or cyclic N) is 2. The van der Waals surface area contributed by atoms with E-state index >= 15 is 0 Å². The first-order valence-electron chi connectivity index (χ1n) is 6.18. The maximum Gasteiger partial charge on any atom is 0.109 e. The predicted octanol–water partition coefficient (Wildman–Crippen LogP) is -2.84. The molecule has 0 saturated carbocycles. The summed E-state index contributed by atoms with van der Waals surface area (Å²) in [5, 5.41) is 46.8. The lowest BCUT2D eigenvalue weighted by Crippen LogP contribution is -2.62. The Morgan fingerprint density at radius 1 is 1.20 bits per heavy atom. The monoisotopic (exact) mass is 247 g/mol. The maximum atomic E-state index is 9.62. The van der Waals surface area contributed by atoms with E-state index in [0.717, 1.165) is 0 Å². The Kier molecular flexibility index (Phi) is 4.01. The van der Waals surface area contributed by atoms with Gasteiger partial charge in [-0.15, -0.1) is 12.4 Å². The second-order valence-corrected chi connectivity index (χ2v) is 3.17. The molecule has 0 radical (unpaired) electrons. The molecule has 1 unspecified atom stereocenters. The molecule has 6 nitrogen and oxygen atoms in total. The van der Waals surface area contributed by atoms with Crippen LogP contribution in [0.25, 0.3) is 0 Å². The highest BCUT2D eigenvalue weighted by Crippen LogP contribution is 2.18. The van der Waals surface area contributed by atoms with Crippen LogP contribution in [0.3, 0.4) is 0 Å². The van der Waals surface area contributed by atoms with Crippen molar-refractivity contribution in [3.63, 3.8) is 0 Å². The van der Waals surface area contributed by atoms with Crippen molar-refractivity contribution in [3.8, 4) is 0 Å². The van der Waals surface area contributed by atoms with Crippen LogP contribution in [0.2, 0.25) is 0 Å². The molecule has 0 aromatic heterocycles. The molecule has 0 aromatic rings. The average Bonchev–Trinajstić information content (AvgIpc) is 2.23. The predicted molar refractivity (Wildman–Crippen MR) is 54.8 cm³/mol. The summed E-state index contributed by atoms with van der Waals surface area (Å²) in [4.78, 5) is 0.606. The van der Waals surface area contributed by atoms with Crippen LogP contribution in [0.5, 0.6) is 0 Å². The SMILES string of the molecule is Cl.[2H]C([2H])(O)C([2H])([2H])N1C[C@@H](O)[C@@H](O)[C@H](O)C1CO. The van der Waals surface area contributed by atoms with Crippen molar-refractivity contribution in [2.75, 3.05) is 26.2 Å². The van der Waals surface area contributed by atoms with E-state index in [-0.39, 0.29) is 12.4 Å². The molecule has 0 spiro atoms. The minimum atomic E-state index is -3.26. The fraction of sp³-hybridized carbons (Fsp3) is 1.00. The second kappa shape index (κ2) is 6.59. The first-order valence-corrected chi connectivity index (χ1v) is 4.18. The fourth-order valence-corrected chi connectivity index (χ4v) is 1.48. The average molecular weight is 248 g/mol. The Morgan fingerprint density at radius 3 is 2.27 bits per heavy atom. The molecular weight excluding hydrogens is 226 g/mol. The van der Waals surface area contributed by atoms with Gasteiger partial charge in [-0.25, -0.2) is 0 Å². The molecular formula is C8H18ClNO5. The summed E-state index contributed by atoms with van der Waals surface area (Å²) in [7, 11) is 0. The van der Waals surface area contributed by atoms with E-state index in [9.17, 15) is 15.3 Å². The molecule has 4 atom stereocenters. The van der Waals surface area contributed by atoms with Crippen molar-refractivity contribution < 1.29 is 31.0 Å². The van der Waals surface area contributed by atoms with Crippen molar-refractivity contribution >= 4 is 12.4 Å². The van der Waals surface area contributed by atoms with Crippen molar-refractivity contribution in [3.05, 3.63) is 0 Å². The number of rotatable bonds is 3. The molecule has 0 amide bonds. The highest BCUT2D eigenvalue weighted by atomic mass is 35.5. The zero-order chi connectivity index (χ0) is 14.3. The molecule has 0 bridgehead atoms. The summed E-state index contributed by atoms with van der Waals surface area (Å²) < 4.78 is 29.0. The van der Waals surface area contributed by atoms with Crippen molar-refractivity contribution in [2.24, 2.45) is 0 Å². The molecule has 15 heavy (non-hydrogen) atoms. The van der Waals surface area contributed by atoms with Gasteiger partial charge < -0.3 is 25.5 Å². The molecule has 7 heteroatoms. The lowest BCUT2D eigenvalue weighted by atomic mass is 9.94. The van der Waals surface area contributed by atoms with Gasteiger partial charge in [0.2, 0.25) is 0 Å². The highest BCUT2D eigenvalue weighted by molar-refractivity contribution is 5.85. The molecule has 1 fully saturated rings. The van der Waals surface area contributed by atoms with Gasteiger partial charge in [0.05, 0.1) is 28.1 Å². The summed E-state index contributed by atoms with van der Waals surface area (Å²) in [6, 6.07) is -1.33. The third-order valence-electron chi connectivity index (χ3n) is 2.30. The molecule has 1 rings (SSSR count). The molecule has 1 saturated heterocycles. The third-order valence-corrected chi connectivity index (χ3v) is 2.30. The lowest BCUT2D eigenvalue weighted by Gasteiger charge is -2.42. The van der Waals surface area contributed by atoms with Gasteiger partial charge in [-0.1, -0.05) is 0 Å². The minimum absolute atomic E-state index is 0. The number of aliphatic hydroxyl groups is 5. The van der Waals surface area contributed by atoms with Crippen LogP contribution in [-0.4, -0.2) is 81.0 Å². The second-order valence-electron chi connectivity index (χ2n) is 3.17. The van der Waals surface area contributed by atoms with E-state index < -0.39 is 50.6 Å². The summed E-state index contributed by atoms with van der Waals surface area (Å²) >= 11 is 0. The van der Waals surface area contributed by atoms with Crippen LogP contribution in [0.15, 0.2) is 0 Å². The van der Waals surface area contributed by atoms with E-state index in [1.807, 2.05) is 0 Å².